The van der Waals surface area contributed by atoms with E-state index in [-0.39, 0.29) is 24.8 Å². The van der Waals surface area contributed by atoms with Crippen molar-refractivity contribution in [1.29, 1.82) is 0 Å². The Labute approximate surface area is 234 Å². The minimum Gasteiger partial charge on any atom is -0.493 e. The Kier molecular flexibility index (Phi) is 10.3. The summed E-state index contributed by atoms with van der Waals surface area (Å²) in [5, 5.41) is 3.83. The highest BCUT2D eigenvalue weighted by molar-refractivity contribution is 5.85. The van der Waals surface area contributed by atoms with Crippen molar-refractivity contribution in [2.75, 3.05) is 48.1 Å². The van der Waals surface area contributed by atoms with Crippen LogP contribution in [0.1, 0.15) is 60.5 Å². The maximum Gasteiger partial charge on any atom is 0.161 e. The number of hydrogen-bond donors (Lipinski definition) is 1. The van der Waals surface area contributed by atoms with Crippen molar-refractivity contribution in [3.63, 3.8) is 0 Å². The number of halogens is 2. The van der Waals surface area contributed by atoms with Crippen molar-refractivity contribution in [1.82, 2.24) is 10.2 Å². The molecule has 0 unspecified atom stereocenters. The summed E-state index contributed by atoms with van der Waals surface area (Å²) in [5.41, 5.74) is 5.60. The third kappa shape index (κ3) is 5.63. The van der Waals surface area contributed by atoms with Gasteiger partial charge in [-0.3, -0.25) is 4.90 Å². The molecule has 6 nitrogen and oxygen atoms in total. The summed E-state index contributed by atoms with van der Waals surface area (Å²) in [4.78, 5) is 2.72. The molecule has 206 valence electrons. The fraction of sp³-hybridized carbons (Fsp3) is 0.586. The molecule has 2 aromatic carbocycles. The Balaban J connectivity index is 0.00000190. The first kappa shape index (κ1) is 29.7. The van der Waals surface area contributed by atoms with Crippen LogP contribution in [0, 0.1) is 11.8 Å². The van der Waals surface area contributed by atoms with Crippen molar-refractivity contribution < 1.29 is 18.9 Å². The smallest absolute Gasteiger partial charge is 0.161 e. The van der Waals surface area contributed by atoms with E-state index < -0.39 is 0 Å². The minimum atomic E-state index is 0. The molecule has 0 aliphatic carbocycles. The molecule has 0 aromatic heterocycles. The van der Waals surface area contributed by atoms with Crippen LogP contribution in [0.2, 0.25) is 0 Å². The summed E-state index contributed by atoms with van der Waals surface area (Å²) >= 11 is 0. The predicted molar refractivity (Wildman–Crippen MR) is 153 cm³/mol. The Morgan fingerprint density at radius 1 is 0.784 bits per heavy atom. The fourth-order valence-electron chi connectivity index (χ4n) is 6.74. The number of hydrogen-bond acceptors (Lipinski definition) is 6. The van der Waals surface area contributed by atoms with E-state index >= 15 is 0 Å². The fourth-order valence-corrected chi connectivity index (χ4v) is 6.74. The van der Waals surface area contributed by atoms with Gasteiger partial charge in [-0.15, -0.1) is 24.8 Å². The largest absolute Gasteiger partial charge is 0.493 e. The zero-order valence-electron chi connectivity index (χ0n) is 22.7. The first-order valence-electron chi connectivity index (χ1n) is 13.1. The van der Waals surface area contributed by atoms with Crippen LogP contribution in [0.15, 0.2) is 24.3 Å². The molecule has 3 aliphatic rings. The number of fused-ring (bicyclic) bond motifs is 4. The van der Waals surface area contributed by atoms with E-state index in [1.165, 1.54) is 41.6 Å². The molecule has 2 aromatic rings. The van der Waals surface area contributed by atoms with Gasteiger partial charge >= 0.3 is 0 Å². The van der Waals surface area contributed by atoms with E-state index in [2.05, 4.69) is 41.4 Å². The van der Waals surface area contributed by atoms with Gasteiger partial charge in [-0.2, -0.15) is 0 Å². The predicted octanol–water partition coefficient (Wildman–Crippen LogP) is 5.79. The number of benzene rings is 2. The summed E-state index contributed by atoms with van der Waals surface area (Å²) < 4.78 is 22.5. The van der Waals surface area contributed by atoms with Gasteiger partial charge in [0.1, 0.15) is 0 Å². The highest BCUT2D eigenvalue weighted by atomic mass is 35.5. The average molecular weight is 554 g/mol. The molecule has 5 rings (SSSR count). The van der Waals surface area contributed by atoms with Crippen LogP contribution in [0.4, 0.5) is 0 Å². The van der Waals surface area contributed by atoms with Gasteiger partial charge in [-0.25, -0.2) is 0 Å². The molecule has 1 fully saturated rings. The highest BCUT2D eigenvalue weighted by Gasteiger charge is 2.40. The van der Waals surface area contributed by atoms with E-state index in [1.807, 2.05) is 0 Å². The molecule has 0 spiro atoms. The molecular formula is C29H42Cl2N2O4. The molecule has 1 saturated heterocycles. The second-order valence-electron chi connectivity index (χ2n) is 10.2. The molecule has 37 heavy (non-hydrogen) atoms. The molecule has 4 atom stereocenters. The first-order valence-corrected chi connectivity index (χ1v) is 13.1. The lowest BCUT2D eigenvalue weighted by Gasteiger charge is -2.48. The summed E-state index contributed by atoms with van der Waals surface area (Å²) in [6.07, 6.45) is 5.65. The Hall–Kier alpha value is -1.86. The average Bonchev–Trinajstić information content (AvgIpc) is 2.91. The number of methoxy groups -OCH3 is 4. The van der Waals surface area contributed by atoms with Gasteiger partial charge in [0, 0.05) is 25.2 Å². The lowest BCUT2D eigenvalue weighted by atomic mass is 9.72. The van der Waals surface area contributed by atoms with E-state index in [4.69, 9.17) is 18.9 Å². The Bertz CT molecular complexity index is 1060. The minimum absolute atomic E-state index is 0. The van der Waals surface area contributed by atoms with Gasteiger partial charge in [-0.1, -0.05) is 13.3 Å². The monoisotopic (exact) mass is 552 g/mol. The third-order valence-corrected chi connectivity index (χ3v) is 8.64. The van der Waals surface area contributed by atoms with E-state index in [9.17, 15) is 0 Å². The maximum absolute atomic E-state index is 5.68. The number of nitrogens with one attached hydrogen (secondary N) is 1. The SMILES string of the molecule is CC[C@H]1CN2CCc3cc(OC)c(OC)cc3[C@@H]2C[C@@H]1C[C@@H]1NCCc2cc(OC)c(OC)cc21.Cl.Cl. The highest BCUT2D eigenvalue weighted by Crippen LogP contribution is 2.48. The summed E-state index contributed by atoms with van der Waals surface area (Å²) in [7, 11) is 6.90. The van der Waals surface area contributed by atoms with Crippen LogP contribution in [0.3, 0.4) is 0 Å². The van der Waals surface area contributed by atoms with Crippen molar-refractivity contribution in [2.24, 2.45) is 11.8 Å². The van der Waals surface area contributed by atoms with Crippen LogP contribution in [-0.4, -0.2) is 53.0 Å². The summed E-state index contributed by atoms with van der Waals surface area (Å²) in [6, 6.07) is 9.61. The van der Waals surface area contributed by atoms with Crippen molar-refractivity contribution >= 4 is 24.8 Å². The van der Waals surface area contributed by atoms with Gasteiger partial charge < -0.3 is 24.3 Å². The number of piperidine rings is 1. The topological polar surface area (TPSA) is 52.2 Å². The van der Waals surface area contributed by atoms with Crippen molar-refractivity contribution in [3.8, 4) is 23.0 Å². The lowest BCUT2D eigenvalue weighted by Crippen LogP contribution is -2.46. The maximum atomic E-state index is 5.68. The lowest BCUT2D eigenvalue weighted by molar-refractivity contribution is 0.0434. The van der Waals surface area contributed by atoms with Crippen LogP contribution in [-0.2, 0) is 12.8 Å². The van der Waals surface area contributed by atoms with E-state index in [0.717, 1.165) is 55.4 Å². The summed E-state index contributed by atoms with van der Waals surface area (Å²) in [6.45, 7) is 5.66. The van der Waals surface area contributed by atoms with Crippen LogP contribution in [0.5, 0.6) is 23.0 Å². The quantitative estimate of drug-likeness (QED) is 0.469. The van der Waals surface area contributed by atoms with Crippen molar-refractivity contribution in [2.45, 2.75) is 51.1 Å². The van der Waals surface area contributed by atoms with Crippen LogP contribution in [0.25, 0.3) is 0 Å². The zero-order valence-corrected chi connectivity index (χ0v) is 24.3. The van der Waals surface area contributed by atoms with Gasteiger partial charge in [-0.05, 0) is 90.6 Å². The molecular weight excluding hydrogens is 511 g/mol. The number of nitrogens with zero attached hydrogens (tertiary/aromatic N) is 1. The normalized spacial score (nSPS) is 24.4. The first-order chi connectivity index (χ1) is 17.1. The van der Waals surface area contributed by atoms with Crippen LogP contribution < -0.4 is 24.3 Å². The second kappa shape index (κ2) is 12.8. The van der Waals surface area contributed by atoms with E-state index in [1.54, 1.807) is 28.4 Å². The molecule has 0 amide bonds. The van der Waals surface area contributed by atoms with Gasteiger partial charge in [0.25, 0.3) is 0 Å². The molecule has 0 radical (unpaired) electrons. The molecule has 8 heteroatoms. The number of ether oxygens (including phenoxy) is 4. The van der Waals surface area contributed by atoms with Crippen LogP contribution >= 0.6 is 24.8 Å². The molecule has 0 saturated carbocycles. The number of rotatable bonds is 7. The zero-order chi connectivity index (χ0) is 24.5. The van der Waals surface area contributed by atoms with E-state index in [0.29, 0.717) is 23.9 Å². The Morgan fingerprint density at radius 3 is 1.95 bits per heavy atom. The van der Waals surface area contributed by atoms with Gasteiger partial charge in [0.2, 0.25) is 0 Å². The molecule has 3 aliphatic heterocycles. The van der Waals surface area contributed by atoms with Crippen molar-refractivity contribution in [3.05, 3.63) is 46.5 Å². The third-order valence-electron chi connectivity index (χ3n) is 8.64. The summed E-state index contributed by atoms with van der Waals surface area (Å²) in [5.74, 6) is 4.69. The van der Waals surface area contributed by atoms with Gasteiger partial charge in [0.15, 0.2) is 23.0 Å². The molecule has 0 bridgehead atoms. The molecule has 3 heterocycles. The van der Waals surface area contributed by atoms with Gasteiger partial charge in [0.05, 0.1) is 28.4 Å². The second-order valence-corrected chi connectivity index (χ2v) is 10.2. The molecule has 1 N–H and O–H groups in total. The Morgan fingerprint density at radius 2 is 1.35 bits per heavy atom. The standard InChI is InChI=1S/C29H40N2O4.2ClH/c1-6-18-17-31-10-8-20-14-27(33-3)29(35-5)16-23(20)25(31)12-21(18)11-24-22-15-28(34-4)26(32-2)13-19(22)7-9-30-24;;/h13-16,18,21,24-25,30H,6-12,17H2,1-5H3;2*1H/t18-,21-,24-,25-;;/m0../s1.